The van der Waals surface area contributed by atoms with E-state index in [1.54, 1.807) is 0 Å². The number of hydrogen-bond acceptors (Lipinski definition) is 4. The topological polar surface area (TPSA) is 52.3 Å². The molecule has 3 atom stereocenters. The second-order valence-corrected chi connectivity index (χ2v) is 6.97. The molecule has 1 spiro atoms. The fourth-order valence-electron chi connectivity index (χ4n) is 2.88. The highest BCUT2D eigenvalue weighted by atomic mass is 32.2. The summed E-state index contributed by atoms with van der Waals surface area (Å²) in [6.07, 6.45) is 4.64. The van der Waals surface area contributed by atoms with Gasteiger partial charge in [-0.15, -0.1) is 0 Å². The minimum absolute atomic E-state index is 0.0305. The Labute approximate surface area is 114 Å². The Kier molecular flexibility index (Phi) is 5.10. The molecule has 0 saturated carbocycles. The van der Waals surface area contributed by atoms with Crippen LogP contribution in [0.3, 0.4) is 0 Å². The van der Waals surface area contributed by atoms with Gasteiger partial charge in [0.05, 0.1) is 5.60 Å². The molecule has 2 N–H and O–H groups in total. The van der Waals surface area contributed by atoms with Gasteiger partial charge in [0.1, 0.15) is 5.78 Å². The first-order valence-corrected chi connectivity index (χ1v) is 8.25. The van der Waals surface area contributed by atoms with Crippen LogP contribution < -0.4 is 5.73 Å². The average Bonchev–Trinajstić information content (AvgIpc) is 2.83. The highest BCUT2D eigenvalue weighted by molar-refractivity contribution is 7.99. The molecule has 2 saturated heterocycles. The molecule has 104 valence electrons. The van der Waals surface area contributed by atoms with Crippen molar-refractivity contribution in [2.45, 2.75) is 44.6 Å². The van der Waals surface area contributed by atoms with Gasteiger partial charge in [-0.1, -0.05) is 6.92 Å². The van der Waals surface area contributed by atoms with E-state index in [1.807, 2.05) is 11.8 Å². The van der Waals surface area contributed by atoms with Gasteiger partial charge >= 0.3 is 0 Å². The average molecular weight is 271 g/mol. The molecular formula is C14H25NO2S. The van der Waals surface area contributed by atoms with Crippen LogP contribution in [0, 0.1) is 11.8 Å². The number of Topliss-reactive ketones (excluding diaryl/α,β-unsaturated/α-hetero) is 1. The molecule has 0 bridgehead atoms. The largest absolute Gasteiger partial charge is 0.374 e. The Morgan fingerprint density at radius 2 is 2.44 bits per heavy atom. The molecule has 2 fully saturated rings. The molecule has 0 aromatic heterocycles. The molecule has 3 nitrogen and oxygen atoms in total. The first kappa shape index (κ1) is 14.4. The number of nitrogens with two attached hydrogens (primary N) is 1. The van der Waals surface area contributed by atoms with Crippen LogP contribution >= 0.6 is 11.8 Å². The molecule has 0 amide bonds. The molecule has 0 aromatic carbocycles. The minimum Gasteiger partial charge on any atom is -0.374 e. The van der Waals surface area contributed by atoms with Crippen molar-refractivity contribution in [3.05, 3.63) is 0 Å². The molecule has 0 aliphatic carbocycles. The van der Waals surface area contributed by atoms with Gasteiger partial charge in [-0.3, -0.25) is 4.79 Å². The summed E-state index contributed by atoms with van der Waals surface area (Å²) in [7, 11) is 0. The van der Waals surface area contributed by atoms with Crippen molar-refractivity contribution in [3.63, 3.8) is 0 Å². The number of rotatable bonds is 5. The van der Waals surface area contributed by atoms with Crippen molar-refractivity contribution in [3.8, 4) is 0 Å². The standard InChI is InChI=1S/C14H25NO2S/c1-11(9-15)2-3-13(16)12-4-6-17-14(8-12)5-7-18-10-14/h11-12H,2-10,15H2,1H3. The fourth-order valence-corrected chi connectivity index (χ4v) is 4.25. The molecule has 0 radical (unpaired) electrons. The van der Waals surface area contributed by atoms with Crippen molar-refractivity contribution >= 4 is 17.5 Å². The monoisotopic (exact) mass is 271 g/mol. The third-order valence-corrected chi connectivity index (χ3v) is 5.52. The minimum atomic E-state index is 0.0305. The van der Waals surface area contributed by atoms with Gasteiger partial charge in [0.2, 0.25) is 0 Å². The van der Waals surface area contributed by atoms with E-state index in [0.717, 1.165) is 38.0 Å². The molecule has 2 rings (SSSR count). The molecule has 2 aliphatic heterocycles. The summed E-state index contributed by atoms with van der Waals surface area (Å²) in [6.45, 7) is 3.57. The van der Waals surface area contributed by atoms with E-state index in [2.05, 4.69) is 6.92 Å². The maximum absolute atomic E-state index is 12.3. The van der Waals surface area contributed by atoms with E-state index in [-0.39, 0.29) is 11.5 Å². The molecule has 0 aromatic rings. The van der Waals surface area contributed by atoms with Gasteiger partial charge in [-0.2, -0.15) is 11.8 Å². The molecule has 3 unspecified atom stereocenters. The summed E-state index contributed by atoms with van der Waals surface area (Å²) in [6, 6.07) is 0. The Morgan fingerprint density at radius 1 is 1.61 bits per heavy atom. The van der Waals surface area contributed by atoms with E-state index in [9.17, 15) is 4.79 Å². The van der Waals surface area contributed by atoms with E-state index in [4.69, 9.17) is 10.5 Å². The smallest absolute Gasteiger partial charge is 0.136 e. The number of ketones is 1. The lowest BCUT2D eigenvalue weighted by Gasteiger charge is -2.37. The van der Waals surface area contributed by atoms with Crippen molar-refractivity contribution in [2.75, 3.05) is 24.7 Å². The van der Waals surface area contributed by atoms with Crippen molar-refractivity contribution in [1.29, 1.82) is 0 Å². The number of ether oxygens (including phenoxy) is 1. The first-order valence-electron chi connectivity index (χ1n) is 7.10. The zero-order valence-electron chi connectivity index (χ0n) is 11.3. The molecule has 2 heterocycles. The summed E-state index contributed by atoms with van der Waals surface area (Å²) in [4.78, 5) is 12.3. The maximum Gasteiger partial charge on any atom is 0.136 e. The van der Waals surface area contributed by atoms with Crippen LogP contribution in [0.4, 0.5) is 0 Å². The van der Waals surface area contributed by atoms with E-state index in [1.165, 1.54) is 5.75 Å². The van der Waals surface area contributed by atoms with Crippen LogP contribution in [-0.4, -0.2) is 36.0 Å². The molecular weight excluding hydrogens is 246 g/mol. The van der Waals surface area contributed by atoms with Crippen LogP contribution in [0.5, 0.6) is 0 Å². The summed E-state index contributed by atoms with van der Waals surface area (Å²) in [5.74, 6) is 3.41. The predicted octanol–water partition coefficient (Wildman–Crippen LogP) is 2.23. The van der Waals surface area contributed by atoms with Gasteiger partial charge in [0.25, 0.3) is 0 Å². The summed E-state index contributed by atoms with van der Waals surface area (Å²) in [5.41, 5.74) is 5.63. The lowest BCUT2D eigenvalue weighted by molar-refractivity contribution is -0.134. The maximum atomic E-state index is 12.3. The second kappa shape index (κ2) is 6.40. The van der Waals surface area contributed by atoms with Crippen LogP contribution in [0.15, 0.2) is 0 Å². The van der Waals surface area contributed by atoms with Crippen LogP contribution in [0.2, 0.25) is 0 Å². The summed E-state index contributed by atoms with van der Waals surface area (Å²) >= 11 is 1.96. The summed E-state index contributed by atoms with van der Waals surface area (Å²) < 4.78 is 5.96. The molecule has 2 aliphatic rings. The Bertz CT molecular complexity index is 290. The normalized spacial score (nSPS) is 33.8. The van der Waals surface area contributed by atoms with E-state index < -0.39 is 0 Å². The highest BCUT2D eigenvalue weighted by Crippen LogP contribution is 2.40. The van der Waals surface area contributed by atoms with Crippen LogP contribution in [-0.2, 0) is 9.53 Å². The second-order valence-electron chi connectivity index (χ2n) is 5.87. The Balaban J connectivity index is 1.82. The van der Waals surface area contributed by atoms with Gasteiger partial charge in [0.15, 0.2) is 0 Å². The fraction of sp³-hybridized carbons (Fsp3) is 0.929. The third kappa shape index (κ3) is 3.49. The first-order chi connectivity index (χ1) is 8.65. The quantitative estimate of drug-likeness (QED) is 0.833. The van der Waals surface area contributed by atoms with E-state index in [0.29, 0.717) is 24.7 Å². The lowest BCUT2D eigenvalue weighted by Crippen LogP contribution is -2.42. The zero-order chi connectivity index (χ0) is 13.0. The van der Waals surface area contributed by atoms with Crippen LogP contribution in [0.25, 0.3) is 0 Å². The van der Waals surface area contributed by atoms with E-state index >= 15 is 0 Å². The number of thioether (sulfide) groups is 1. The van der Waals surface area contributed by atoms with Crippen molar-refractivity contribution in [1.82, 2.24) is 0 Å². The Morgan fingerprint density at radius 3 is 3.11 bits per heavy atom. The van der Waals surface area contributed by atoms with Crippen molar-refractivity contribution in [2.24, 2.45) is 17.6 Å². The van der Waals surface area contributed by atoms with Gasteiger partial charge in [0, 0.05) is 24.7 Å². The summed E-state index contributed by atoms with van der Waals surface area (Å²) in [5, 5.41) is 0. The zero-order valence-corrected chi connectivity index (χ0v) is 12.1. The van der Waals surface area contributed by atoms with Crippen LogP contribution in [0.1, 0.15) is 39.0 Å². The predicted molar refractivity (Wildman–Crippen MR) is 75.8 cm³/mol. The highest BCUT2D eigenvalue weighted by Gasteiger charge is 2.42. The molecule has 18 heavy (non-hydrogen) atoms. The number of carbonyl (C=O) groups is 1. The SMILES string of the molecule is CC(CN)CCC(=O)C1CCOC2(CCSC2)C1. The third-order valence-electron chi connectivity index (χ3n) is 4.30. The lowest BCUT2D eigenvalue weighted by atomic mass is 9.81. The van der Waals surface area contributed by atoms with Gasteiger partial charge < -0.3 is 10.5 Å². The van der Waals surface area contributed by atoms with Crippen molar-refractivity contribution < 1.29 is 9.53 Å². The number of hydrogen-bond donors (Lipinski definition) is 1. The molecule has 4 heteroatoms. The van der Waals surface area contributed by atoms with Gasteiger partial charge in [-0.05, 0) is 43.9 Å². The number of carbonyl (C=O) groups excluding carboxylic acids is 1. The van der Waals surface area contributed by atoms with Gasteiger partial charge in [-0.25, -0.2) is 0 Å². The Hall–Kier alpha value is -0.0600.